The van der Waals surface area contributed by atoms with Crippen LogP contribution in [-0.4, -0.2) is 54.0 Å². The molecule has 1 heterocycles. The van der Waals surface area contributed by atoms with Crippen molar-refractivity contribution in [3.05, 3.63) is 0 Å². The summed E-state index contributed by atoms with van der Waals surface area (Å²) < 4.78 is 5.24. The smallest absolute Gasteiger partial charge is 0.408 e. The van der Waals surface area contributed by atoms with Crippen LogP contribution in [0.1, 0.15) is 53.9 Å². The number of amides is 2. The van der Waals surface area contributed by atoms with E-state index in [9.17, 15) is 14.7 Å². The predicted molar refractivity (Wildman–Crippen MR) is 92.7 cm³/mol. The summed E-state index contributed by atoms with van der Waals surface area (Å²) in [4.78, 5) is 24.6. The Hall–Kier alpha value is -1.34. The zero-order valence-electron chi connectivity index (χ0n) is 15.5. The van der Waals surface area contributed by atoms with E-state index in [-0.39, 0.29) is 17.9 Å². The molecule has 0 bridgehead atoms. The fourth-order valence-electron chi connectivity index (χ4n) is 2.64. The molecule has 4 N–H and O–H groups in total. The molecule has 0 saturated carbocycles. The van der Waals surface area contributed by atoms with Crippen molar-refractivity contribution >= 4 is 12.0 Å². The molecular weight excluding hydrogens is 310 g/mol. The number of carbonyl (C=O) groups excluding carboxylic acids is 2. The molecule has 1 aliphatic rings. The number of rotatable bonds is 5. The van der Waals surface area contributed by atoms with Crippen molar-refractivity contribution in [2.75, 3.05) is 13.1 Å². The largest absolute Gasteiger partial charge is 0.444 e. The van der Waals surface area contributed by atoms with Gasteiger partial charge in [-0.1, -0.05) is 13.8 Å². The molecule has 0 aromatic rings. The zero-order chi connectivity index (χ0) is 18.3. The number of nitrogens with one attached hydrogen (secondary N) is 3. The van der Waals surface area contributed by atoms with Gasteiger partial charge in [-0.25, -0.2) is 4.79 Å². The van der Waals surface area contributed by atoms with Gasteiger partial charge in [-0.05, 0) is 52.5 Å². The van der Waals surface area contributed by atoms with Crippen LogP contribution < -0.4 is 16.0 Å². The van der Waals surface area contributed by atoms with E-state index in [1.807, 2.05) is 13.8 Å². The fraction of sp³-hybridized carbons (Fsp3) is 0.882. The van der Waals surface area contributed by atoms with E-state index < -0.39 is 23.8 Å². The molecule has 0 aliphatic carbocycles. The number of hydrogen-bond acceptors (Lipinski definition) is 5. The Balaban J connectivity index is 2.68. The Labute approximate surface area is 144 Å². The first kappa shape index (κ1) is 20.7. The van der Waals surface area contributed by atoms with Crippen LogP contribution in [0.25, 0.3) is 0 Å². The Morgan fingerprint density at radius 2 is 2.00 bits per heavy atom. The van der Waals surface area contributed by atoms with Gasteiger partial charge in [-0.15, -0.1) is 0 Å². The van der Waals surface area contributed by atoms with Crippen LogP contribution in [-0.2, 0) is 9.53 Å². The van der Waals surface area contributed by atoms with Crippen LogP contribution in [0.5, 0.6) is 0 Å². The monoisotopic (exact) mass is 343 g/mol. The quantitative estimate of drug-likeness (QED) is 0.600. The highest BCUT2D eigenvalue weighted by atomic mass is 16.6. The van der Waals surface area contributed by atoms with Crippen molar-refractivity contribution in [3.63, 3.8) is 0 Å². The minimum Gasteiger partial charge on any atom is -0.444 e. The van der Waals surface area contributed by atoms with Crippen LogP contribution in [0.15, 0.2) is 0 Å². The second-order valence-corrected chi connectivity index (χ2v) is 7.86. The predicted octanol–water partition coefficient (Wildman–Crippen LogP) is 1.15. The van der Waals surface area contributed by atoms with Gasteiger partial charge in [0.15, 0.2) is 0 Å². The van der Waals surface area contributed by atoms with E-state index in [0.717, 1.165) is 13.0 Å². The normalized spacial score (nSPS) is 23.3. The van der Waals surface area contributed by atoms with Gasteiger partial charge in [0.05, 0.1) is 12.1 Å². The number of aliphatic hydroxyl groups excluding tert-OH is 1. The molecule has 1 saturated heterocycles. The number of carbonyl (C=O) groups is 2. The first-order valence-electron chi connectivity index (χ1n) is 8.77. The molecule has 0 spiro atoms. The molecule has 1 fully saturated rings. The number of alkyl carbamates (subject to hydrolysis) is 1. The van der Waals surface area contributed by atoms with Gasteiger partial charge in [0.1, 0.15) is 11.6 Å². The van der Waals surface area contributed by atoms with Crippen LogP contribution in [0.2, 0.25) is 0 Å². The van der Waals surface area contributed by atoms with Crippen LogP contribution in [0.4, 0.5) is 4.79 Å². The molecule has 3 atom stereocenters. The summed E-state index contributed by atoms with van der Waals surface area (Å²) in [6, 6.07) is -0.981. The number of ether oxygens (including phenoxy) is 1. The van der Waals surface area contributed by atoms with Crippen LogP contribution in [0, 0.1) is 5.92 Å². The zero-order valence-corrected chi connectivity index (χ0v) is 15.5. The highest BCUT2D eigenvalue weighted by Crippen LogP contribution is 2.11. The van der Waals surface area contributed by atoms with Crippen molar-refractivity contribution in [1.29, 1.82) is 0 Å². The van der Waals surface area contributed by atoms with E-state index >= 15 is 0 Å². The lowest BCUT2D eigenvalue weighted by Crippen LogP contribution is -2.54. The second kappa shape index (κ2) is 9.22. The third-order valence-electron chi connectivity index (χ3n) is 3.73. The fourth-order valence-corrected chi connectivity index (χ4v) is 2.64. The number of β-amino-alcohol motifs (C(OH)–C–C–N with tert-alkyl or cyclic N) is 1. The van der Waals surface area contributed by atoms with Gasteiger partial charge in [0.25, 0.3) is 0 Å². The van der Waals surface area contributed by atoms with Gasteiger partial charge in [0.2, 0.25) is 5.91 Å². The standard InChI is InChI=1S/C17H33N3O4/c1-11(2)9-13(20-16(23)24-17(3,4)5)15(22)19-12-7-6-8-18-10-14(12)21/h11-14,18,21H,6-10H2,1-5H3,(H,19,22)(H,20,23)/t12?,13-,14+/m0/s1. The lowest BCUT2D eigenvalue weighted by Gasteiger charge is -2.27. The first-order valence-corrected chi connectivity index (χ1v) is 8.77. The third kappa shape index (κ3) is 7.97. The summed E-state index contributed by atoms with van der Waals surface area (Å²) >= 11 is 0. The first-order chi connectivity index (χ1) is 11.1. The molecule has 7 heteroatoms. The number of hydrogen-bond donors (Lipinski definition) is 4. The minimum absolute atomic E-state index is 0.233. The summed E-state index contributed by atoms with van der Waals surface area (Å²) in [7, 11) is 0. The SMILES string of the molecule is CC(C)C[C@H](NC(=O)OC(C)(C)C)C(=O)NC1CCCNC[C@H]1O. The second-order valence-electron chi connectivity index (χ2n) is 7.86. The topological polar surface area (TPSA) is 99.7 Å². The molecule has 140 valence electrons. The van der Waals surface area contributed by atoms with Gasteiger partial charge >= 0.3 is 6.09 Å². The maximum Gasteiger partial charge on any atom is 0.408 e. The van der Waals surface area contributed by atoms with Crippen LogP contribution >= 0.6 is 0 Å². The number of aliphatic hydroxyl groups is 1. The molecule has 0 aromatic heterocycles. The van der Waals surface area contributed by atoms with Crippen LogP contribution in [0.3, 0.4) is 0 Å². The van der Waals surface area contributed by atoms with E-state index in [4.69, 9.17) is 4.74 Å². The molecule has 2 amide bonds. The highest BCUT2D eigenvalue weighted by Gasteiger charge is 2.29. The van der Waals surface area contributed by atoms with E-state index in [1.54, 1.807) is 20.8 Å². The van der Waals surface area contributed by atoms with Gasteiger partial charge in [0, 0.05) is 6.54 Å². The van der Waals surface area contributed by atoms with Crippen molar-refractivity contribution in [2.45, 2.75) is 77.7 Å². The van der Waals surface area contributed by atoms with E-state index in [1.165, 1.54) is 0 Å². The molecular formula is C17H33N3O4. The van der Waals surface area contributed by atoms with E-state index in [0.29, 0.717) is 19.4 Å². The maximum absolute atomic E-state index is 12.6. The van der Waals surface area contributed by atoms with Gasteiger partial charge < -0.3 is 25.8 Å². The summed E-state index contributed by atoms with van der Waals surface area (Å²) in [5, 5.41) is 18.8. The molecule has 0 aromatic carbocycles. The Morgan fingerprint density at radius 1 is 1.33 bits per heavy atom. The third-order valence-corrected chi connectivity index (χ3v) is 3.73. The van der Waals surface area contributed by atoms with Crippen molar-refractivity contribution < 1.29 is 19.4 Å². The van der Waals surface area contributed by atoms with Crippen molar-refractivity contribution in [3.8, 4) is 0 Å². The molecule has 1 rings (SSSR count). The highest BCUT2D eigenvalue weighted by molar-refractivity contribution is 5.85. The van der Waals surface area contributed by atoms with Gasteiger partial charge in [-0.3, -0.25) is 4.79 Å². The van der Waals surface area contributed by atoms with E-state index in [2.05, 4.69) is 16.0 Å². The average Bonchev–Trinajstić information content (AvgIpc) is 2.60. The molecule has 7 nitrogen and oxygen atoms in total. The Morgan fingerprint density at radius 3 is 2.58 bits per heavy atom. The Bertz CT molecular complexity index is 421. The van der Waals surface area contributed by atoms with Gasteiger partial charge in [-0.2, -0.15) is 0 Å². The molecule has 1 aliphatic heterocycles. The minimum atomic E-state index is -0.678. The summed E-state index contributed by atoms with van der Waals surface area (Å²) in [5.74, 6) is -0.0445. The molecule has 24 heavy (non-hydrogen) atoms. The summed E-state index contributed by atoms with van der Waals surface area (Å²) in [6.07, 6.45) is 0.868. The Kier molecular flexibility index (Phi) is 7.96. The van der Waals surface area contributed by atoms with Crippen molar-refractivity contribution in [1.82, 2.24) is 16.0 Å². The summed E-state index contributed by atoms with van der Waals surface area (Å²) in [5.41, 5.74) is -0.619. The lowest BCUT2D eigenvalue weighted by atomic mass is 10.0. The summed E-state index contributed by atoms with van der Waals surface area (Å²) in [6.45, 7) is 10.6. The molecule has 1 unspecified atom stereocenters. The average molecular weight is 343 g/mol. The maximum atomic E-state index is 12.6. The molecule has 0 radical (unpaired) electrons. The lowest BCUT2D eigenvalue weighted by molar-refractivity contribution is -0.125. The van der Waals surface area contributed by atoms with Crippen molar-refractivity contribution in [2.24, 2.45) is 5.92 Å².